The van der Waals surface area contributed by atoms with Crippen LogP contribution < -0.4 is 4.74 Å². The molecular formula is C29H55NO9Si2. The van der Waals surface area contributed by atoms with E-state index in [4.69, 9.17) is 36.0 Å². The molecule has 0 bridgehead atoms. The Morgan fingerprint density at radius 1 is 0.634 bits per heavy atom. The first kappa shape index (κ1) is 37.7. The van der Waals surface area contributed by atoms with Crippen LogP contribution in [0.4, 0.5) is 0 Å². The van der Waals surface area contributed by atoms with E-state index >= 15 is 0 Å². The zero-order chi connectivity index (χ0) is 30.2. The van der Waals surface area contributed by atoms with Crippen molar-refractivity contribution in [1.82, 2.24) is 4.90 Å². The number of carbonyl (C=O) groups is 1. The fraction of sp³-hybridized carbons (Fsp3) is 0.759. The van der Waals surface area contributed by atoms with Crippen LogP contribution in [0.5, 0.6) is 5.75 Å². The Labute approximate surface area is 250 Å². The predicted octanol–water partition coefficient (Wildman–Crippen LogP) is 5.18. The van der Waals surface area contributed by atoms with Gasteiger partial charge in [-0.2, -0.15) is 0 Å². The number of esters is 1. The fourth-order valence-electron chi connectivity index (χ4n) is 4.53. The standard InChI is InChI=1S/C29H55NO9Si2/c1-7-34-40(35-8-2,36-9-3)26-16-21-30(22-17-27-41(37-10-4,38-11-5)39-12-6)23-20-29(31)33-25-24-32-28-18-14-13-15-19-28/h13-15,18-19H,7-12,16-17,20-27H2,1-6H3. The van der Waals surface area contributed by atoms with Crippen LogP contribution in [0.1, 0.15) is 60.8 Å². The minimum atomic E-state index is -2.74. The van der Waals surface area contributed by atoms with E-state index in [1.807, 2.05) is 71.9 Å². The van der Waals surface area contributed by atoms with E-state index in [-0.39, 0.29) is 12.6 Å². The average Bonchev–Trinajstić information content (AvgIpc) is 2.95. The minimum absolute atomic E-state index is 0.212. The van der Waals surface area contributed by atoms with Crippen molar-refractivity contribution >= 4 is 23.6 Å². The van der Waals surface area contributed by atoms with Crippen molar-refractivity contribution in [2.75, 3.05) is 72.5 Å². The summed E-state index contributed by atoms with van der Waals surface area (Å²) in [5.41, 5.74) is 0. The highest BCUT2D eigenvalue weighted by Gasteiger charge is 2.41. The van der Waals surface area contributed by atoms with Gasteiger partial charge in [-0.25, -0.2) is 0 Å². The molecule has 0 spiro atoms. The van der Waals surface area contributed by atoms with Crippen LogP contribution in [0.25, 0.3) is 0 Å². The monoisotopic (exact) mass is 617 g/mol. The molecule has 0 unspecified atom stereocenters. The van der Waals surface area contributed by atoms with Crippen LogP contribution in [-0.2, 0) is 36.1 Å². The summed E-state index contributed by atoms with van der Waals surface area (Å²) in [6, 6.07) is 10.9. The van der Waals surface area contributed by atoms with Crippen molar-refractivity contribution in [3.63, 3.8) is 0 Å². The Bertz CT molecular complexity index is 710. The van der Waals surface area contributed by atoms with Crippen molar-refractivity contribution in [1.29, 1.82) is 0 Å². The Hall–Kier alpha value is -1.36. The molecule has 1 aromatic rings. The van der Waals surface area contributed by atoms with Gasteiger partial charge < -0.3 is 40.9 Å². The van der Waals surface area contributed by atoms with Crippen molar-refractivity contribution in [3.05, 3.63) is 30.3 Å². The summed E-state index contributed by atoms with van der Waals surface area (Å²) in [6.45, 7) is 17.8. The molecule has 0 amide bonds. The fourth-order valence-corrected chi connectivity index (χ4v) is 9.72. The molecule has 238 valence electrons. The summed E-state index contributed by atoms with van der Waals surface area (Å²) in [6.07, 6.45) is 1.95. The molecular weight excluding hydrogens is 562 g/mol. The summed E-state index contributed by atoms with van der Waals surface area (Å²) < 4.78 is 47.2. The van der Waals surface area contributed by atoms with Crippen molar-refractivity contribution in [2.24, 2.45) is 0 Å². The zero-order valence-electron chi connectivity index (χ0n) is 26.3. The van der Waals surface area contributed by atoms with Gasteiger partial charge in [-0.1, -0.05) is 18.2 Å². The number of benzene rings is 1. The summed E-state index contributed by atoms with van der Waals surface area (Å²) >= 11 is 0. The number of hydrogen-bond donors (Lipinski definition) is 0. The molecule has 0 saturated carbocycles. The molecule has 0 aliphatic heterocycles. The lowest BCUT2D eigenvalue weighted by molar-refractivity contribution is -0.144. The molecule has 0 fully saturated rings. The minimum Gasteiger partial charge on any atom is -0.490 e. The Kier molecular flexibility index (Phi) is 21.3. The second-order valence-corrected chi connectivity index (χ2v) is 14.6. The Balaban J connectivity index is 2.73. The van der Waals surface area contributed by atoms with Gasteiger partial charge in [0.25, 0.3) is 0 Å². The Morgan fingerprint density at radius 3 is 1.49 bits per heavy atom. The van der Waals surface area contributed by atoms with E-state index in [1.165, 1.54) is 0 Å². The van der Waals surface area contributed by atoms with Crippen molar-refractivity contribution in [3.8, 4) is 5.75 Å². The maximum Gasteiger partial charge on any atom is 0.500 e. The number of rotatable bonds is 27. The molecule has 0 aliphatic carbocycles. The molecule has 1 rings (SSSR count). The summed E-state index contributed by atoms with van der Waals surface area (Å²) in [4.78, 5) is 14.8. The molecule has 0 saturated heterocycles. The number of hydrogen-bond acceptors (Lipinski definition) is 10. The van der Waals surface area contributed by atoms with Gasteiger partial charge in [0.2, 0.25) is 0 Å². The molecule has 12 heteroatoms. The first-order valence-corrected chi connectivity index (χ1v) is 19.2. The van der Waals surface area contributed by atoms with Crippen LogP contribution >= 0.6 is 0 Å². The van der Waals surface area contributed by atoms with Crippen LogP contribution in [-0.4, -0.2) is 101 Å². The van der Waals surface area contributed by atoms with E-state index in [0.717, 1.165) is 43.8 Å². The second-order valence-electron chi connectivity index (χ2n) is 9.14. The summed E-state index contributed by atoms with van der Waals surface area (Å²) in [7, 11) is -5.47. The number of para-hydroxylation sites is 1. The zero-order valence-corrected chi connectivity index (χ0v) is 28.3. The maximum absolute atomic E-state index is 12.5. The number of nitrogens with zero attached hydrogens (tertiary/aromatic N) is 1. The highest BCUT2D eigenvalue weighted by Crippen LogP contribution is 2.21. The first-order chi connectivity index (χ1) is 19.9. The van der Waals surface area contributed by atoms with Gasteiger partial charge in [-0.3, -0.25) is 4.79 Å². The highest BCUT2D eigenvalue weighted by molar-refractivity contribution is 6.61. The number of ether oxygens (including phenoxy) is 2. The third-order valence-corrected chi connectivity index (χ3v) is 12.4. The normalized spacial score (nSPS) is 12.2. The number of carbonyl (C=O) groups excluding carboxylic acids is 1. The van der Waals surface area contributed by atoms with E-state index in [2.05, 4.69) is 4.90 Å². The van der Waals surface area contributed by atoms with Crippen LogP contribution in [0.2, 0.25) is 12.1 Å². The molecule has 41 heavy (non-hydrogen) atoms. The van der Waals surface area contributed by atoms with Gasteiger partial charge in [-0.05, 0) is 79.6 Å². The largest absolute Gasteiger partial charge is 0.500 e. The first-order valence-electron chi connectivity index (χ1n) is 15.3. The van der Waals surface area contributed by atoms with E-state index in [1.54, 1.807) is 0 Å². The lowest BCUT2D eigenvalue weighted by Crippen LogP contribution is -2.47. The second kappa shape index (κ2) is 23.1. The van der Waals surface area contributed by atoms with Gasteiger partial charge in [0.05, 0.1) is 6.42 Å². The quantitative estimate of drug-likeness (QED) is 0.0747. The molecule has 0 N–H and O–H groups in total. The summed E-state index contributed by atoms with van der Waals surface area (Å²) in [5.74, 6) is 0.515. The average molecular weight is 618 g/mol. The molecule has 10 nitrogen and oxygen atoms in total. The van der Waals surface area contributed by atoms with Crippen molar-refractivity contribution in [2.45, 2.75) is 72.9 Å². The molecule has 0 atom stereocenters. The topological polar surface area (TPSA) is 94.2 Å². The van der Waals surface area contributed by atoms with E-state index in [0.29, 0.717) is 59.2 Å². The Morgan fingerprint density at radius 2 is 1.07 bits per heavy atom. The predicted molar refractivity (Wildman–Crippen MR) is 164 cm³/mol. The SMILES string of the molecule is CCO[Si](CCCN(CCC[Si](OCC)(OCC)OCC)CCC(=O)OCCOc1ccccc1)(OCC)OCC. The van der Waals surface area contributed by atoms with E-state index in [9.17, 15) is 4.79 Å². The molecule has 0 aromatic heterocycles. The third-order valence-electron chi connectivity index (χ3n) is 6.09. The van der Waals surface area contributed by atoms with E-state index < -0.39 is 17.6 Å². The third kappa shape index (κ3) is 16.2. The summed E-state index contributed by atoms with van der Waals surface area (Å²) in [5, 5.41) is 0. The lowest BCUT2D eigenvalue weighted by Gasteiger charge is -2.31. The van der Waals surface area contributed by atoms with Gasteiger partial charge >= 0.3 is 23.6 Å². The van der Waals surface area contributed by atoms with Crippen LogP contribution in [0.15, 0.2) is 30.3 Å². The highest BCUT2D eigenvalue weighted by atomic mass is 28.4. The smallest absolute Gasteiger partial charge is 0.490 e. The van der Waals surface area contributed by atoms with Gasteiger partial charge in [0.1, 0.15) is 19.0 Å². The molecule has 0 aliphatic rings. The van der Waals surface area contributed by atoms with Gasteiger partial charge in [0.15, 0.2) is 0 Å². The van der Waals surface area contributed by atoms with Gasteiger partial charge in [-0.15, -0.1) is 0 Å². The molecule has 0 heterocycles. The van der Waals surface area contributed by atoms with Crippen LogP contribution in [0.3, 0.4) is 0 Å². The van der Waals surface area contributed by atoms with Crippen LogP contribution in [0, 0.1) is 0 Å². The molecule has 1 aromatic carbocycles. The molecule has 0 radical (unpaired) electrons. The van der Waals surface area contributed by atoms with Gasteiger partial charge in [0, 0.05) is 58.3 Å². The maximum atomic E-state index is 12.5. The lowest BCUT2D eigenvalue weighted by atomic mass is 10.3. The van der Waals surface area contributed by atoms with Crippen molar-refractivity contribution < 1.29 is 40.8 Å².